The summed E-state index contributed by atoms with van der Waals surface area (Å²) in [6.07, 6.45) is 2.69. The lowest BCUT2D eigenvalue weighted by atomic mass is 9.78. The van der Waals surface area contributed by atoms with Gasteiger partial charge in [-0.1, -0.05) is 26.7 Å². The van der Waals surface area contributed by atoms with Crippen LogP contribution in [0, 0.1) is 17.7 Å². The van der Waals surface area contributed by atoms with Gasteiger partial charge in [0.05, 0.1) is 6.61 Å². The molecular formula is C23H29FN2O4S. The molecule has 3 rings (SSSR count). The van der Waals surface area contributed by atoms with Crippen LogP contribution in [-0.4, -0.2) is 27.0 Å². The summed E-state index contributed by atoms with van der Waals surface area (Å²) < 4.78 is 48.3. The molecule has 1 aliphatic rings. The number of sulfonamides is 1. The molecule has 1 amide bonds. The van der Waals surface area contributed by atoms with Gasteiger partial charge < -0.3 is 10.1 Å². The number of rotatable bonds is 7. The fourth-order valence-electron chi connectivity index (χ4n) is 3.87. The van der Waals surface area contributed by atoms with Crippen molar-refractivity contribution in [1.29, 1.82) is 0 Å². The van der Waals surface area contributed by atoms with Crippen molar-refractivity contribution < 1.29 is 22.3 Å². The summed E-state index contributed by atoms with van der Waals surface area (Å²) in [5.74, 6) is -0.204. The second-order valence-corrected chi connectivity index (χ2v) is 9.73. The van der Waals surface area contributed by atoms with Crippen LogP contribution >= 0.6 is 0 Å². The number of ether oxygens (including phenoxy) is 1. The summed E-state index contributed by atoms with van der Waals surface area (Å²) >= 11 is 0. The standard InChI is InChI=1S/C23H29FN2O4S/c1-4-30-19-11-9-18(10-12-19)25-23(27)17-8-13-20(24)22(14-17)31(28,29)26-21-7-5-6-15(2)16(21)3/h8-16,21,26H,4-7H2,1-3H3,(H,25,27)/t15-,16+,21-/m1/s1. The summed E-state index contributed by atoms with van der Waals surface area (Å²) in [5.41, 5.74) is 0.575. The summed E-state index contributed by atoms with van der Waals surface area (Å²) in [5, 5.41) is 2.69. The molecule has 0 bridgehead atoms. The van der Waals surface area contributed by atoms with E-state index in [1.54, 1.807) is 24.3 Å². The Morgan fingerprint density at radius 2 is 1.84 bits per heavy atom. The minimum Gasteiger partial charge on any atom is -0.494 e. The van der Waals surface area contributed by atoms with Crippen molar-refractivity contribution in [1.82, 2.24) is 4.72 Å². The summed E-state index contributed by atoms with van der Waals surface area (Å²) in [4.78, 5) is 12.1. The van der Waals surface area contributed by atoms with Crippen LogP contribution in [0.1, 0.15) is 50.4 Å². The predicted molar refractivity (Wildman–Crippen MR) is 118 cm³/mol. The first-order valence-electron chi connectivity index (χ1n) is 10.6. The zero-order valence-electron chi connectivity index (χ0n) is 18.0. The van der Waals surface area contributed by atoms with Gasteiger partial charge in [-0.3, -0.25) is 4.79 Å². The van der Waals surface area contributed by atoms with Crippen molar-refractivity contribution in [3.05, 3.63) is 53.8 Å². The van der Waals surface area contributed by atoms with Gasteiger partial charge in [0, 0.05) is 17.3 Å². The molecule has 0 radical (unpaired) electrons. The number of halogens is 1. The Bertz CT molecular complexity index is 1020. The number of nitrogens with one attached hydrogen (secondary N) is 2. The first kappa shape index (κ1) is 23.2. The number of carbonyl (C=O) groups excluding carboxylic acids is 1. The lowest BCUT2D eigenvalue weighted by Crippen LogP contribution is -2.43. The lowest BCUT2D eigenvalue weighted by molar-refractivity contribution is 0.102. The van der Waals surface area contributed by atoms with Crippen LogP contribution in [0.3, 0.4) is 0 Å². The van der Waals surface area contributed by atoms with Gasteiger partial charge in [0.2, 0.25) is 10.0 Å². The second kappa shape index (κ2) is 9.78. The average molecular weight is 449 g/mol. The summed E-state index contributed by atoms with van der Waals surface area (Å²) in [6.45, 7) is 6.51. The highest BCUT2D eigenvalue weighted by Crippen LogP contribution is 2.31. The fraction of sp³-hybridized carbons (Fsp3) is 0.435. The van der Waals surface area contributed by atoms with Crippen LogP contribution in [0.15, 0.2) is 47.4 Å². The molecule has 2 N–H and O–H groups in total. The molecule has 1 saturated carbocycles. The average Bonchev–Trinajstić information content (AvgIpc) is 2.73. The van der Waals surface area contributed by atoms with Crippen LogP contribution in [-0.2, 0) is 10.0 Å². The Morgan fingerprint density at radius 1 is 1.13 bits per heavy atom. The maximum Gasteiger partial charge on any atom is 0.255 e. The highest BCUT2D eigenvalue weighted by Gasteiger charge is 2.32. The van der Waals surface area contributed by atoms with Crippen molar-refractivity contribution >= 4 is 21.6 Å². The van der Waals surface area contributed by atoms with Crippen molar-refractivity contribution in [2.45, 2.75) is 51.0 Å². The Morgan fingerprint density at radius 3 is 2.52 bits per heavy atom. The molecule has 0 heterocycles. The van der Waals surface area contributed by atoms with E-state index in [2.05, 4.69) is 17.0 Å². The predicted octanol–water partition coefficient (Wildman–Crippen LogP) is 4.58. The molecule has 168 valence electrons. The van der Waals surface area contributed by atoms with Gasteiger partial charge in [-0.05, 0) is 67.6 Å². The van der Waals surface area contributed by atoms with Crippen LogP contribution in [0.2, 0.25) is 0 Å². The molecule has 3 atom stereocenters. The van der Waals surface area contributed by atoms with Crippen molar-refractivity contribution in [3.8, 4) is 5.75 Å². The number of hydrogen-bond donors (Lipinski definition) is 2. The molecule has 0 saturated heterocycles. The molecule has 0 aromatic heterocycles. The third kappa shape index (κ3) is 5.62. The number of carbonyl (C=O) groups is 1. The lowest BCUT2D eigenvalue weighted by Gasteiger charge is -2.34. The third-order valence-electron chi connectivity index (χ3n) is 5.92. The van der Waals surface area contributed by atoms with E-state index in [-0.39, 0.29) is 17.5 Å². The topological polar surface area (TPSA) is 84.5 Å². The molecule has 31 heavy (non-hydrogen) atoms. The Balaban J connectivity index is 1.77. The molecule has 1 aliphatic carbocycles. The minimum atomic E-state index is -4.11. The van der Waals surface area contributed by atoms with Crippen LogP contribution in [0.4, 0.5) is 10.1 Å². The maximum absolute atomic E-state index is 14.4. The highest BCUT2D eigenvalue weighted by atomic mass is 32.2. The van der Waals surface area contributed by atoms with E-state index in [9.17, 15) is 17.6 Å². The molecule has 2 aromatic rings. The summed E-state index contributed by atoms with van der Waals surface area (Å²) in [7, 11) is -4.11. The first-order chi connectivity index (χ1) is 14.7. The number of benzene rings is 2. The van der Waals surface area contributed by atoms with E-state index in [1.165, 1.54) is 6.07 Å². The maximum atomic E-state index is 14.4. The van der Waals surface area contributed by atoms with Crippen molar-refractivity contribution in [2.24, 2.45) is 11.8 Å². The number of amides is 1. The Kier molecular flexibility index (Phi) is 7.33. The van der Waals surface area contributed by atoms with Crippen molar-refractivity contribution in [3.63, 3.8) is 0 Å². The van der Waals surface area contributed by atoms with Gasteiger partial charge >= 0.3 is 0 Å². The van der Waals surface area contributed by atoms with E-state index in [1.807, 2.05) is 13.8 Å². The zero-order valence-corrected chi connectivity index (χ0v) is 18.8. The number of anilines is 1. The molecule has 0 aliphatic heterocycles. The van der Waals surface area contributed by atoms with Gasteiger partial charge in [0.25, 0.3) is 5.91 Å². The molecule has 0 unspecified atom stereocenters. The van der Waals surface area contributed by atoms with Crippen LogP contribution in [0.25, 0.3) is 0 Å². The van der Waals surface area contributed by atoms with E-state index in [0.717, 1.165) is 25.0 Å². The number of hydrogen-bond acceptors (Lipinski definition) is 4. The van der Waals surface area contributed by atoms with Gasteiger partial charge in [-0.2, -0.15) is 0 Å². The second-order valence-electron chi connectivity index (χ2n) is 8.05. The molecular weight excluding hydrogens is 419 g/mol. The quantitative estimate of drug-likeness (QED) is 0.649. The molecule has 6 nitrogen and oxygen atoms in total. The summed E-state index contributed by atoms with van der Waals surface area (Å²) in [6, 6.07) is 9.89. The van der Waals surface area contributed by atoms with Crippen LogP contribution in [0.5, 0.6) is 5.75 Å². The zero-order chi connectivity index (χ0) is 22.6. The van der Waals surface area contributed by atoms with Crippen molar-refractivity contribution in [2.75, 3.05) is 11.9 Å². The van der Waals surface area contributed by atoms with Crippen LogP contribution < -0.4 is 14.8 Å². The molecule has 8 heteroatoms. The largest absolute Gasteiger partial charge is 0.494 e. The normalized spacial score (nSPS) is 21.5. The van der Waals surface area contributed by atoms with E-state index < -0.39 is 26.6 Å². The van der Waals surface area contributed by atoms with Gasteiger partial charge in [0.15, 0.2) is 0 Å². The van der Waals surface area contributed by atoms with Gasteiger partial charge in [-0.25, -0.2) is 17.5 Å². The van der Waals surface area contributed by atoms with Gasteiger partial charge in [-0.15, -0.1) is 0 Å². The van der Waals surface area contributed by atoms with E-state index in [4.69, 9.17) is 4.74 Å². The first-order valence-corrected chi connectivity index (χ1v) is 12.1. The molecule has 1 fully saturated rings. The fourth-order valence-corrected chi connectivity index (χ4v) is 5.33. The third-order valence-corrected chi connectivity index (χ3v) is 7.42. The minimum absolute atomic E-state index is 0.0562. The Labute approximate surface area is 183 Å². The monoisotopic (exact) mass is 448 g/mol. The Hall–Kier alpha value is -2.45. The van der Waals surface area contributed by atoms with Gasteiger partial charge in [0.1, 0.15) is 16.5 Å². The molecule has 2 aromatic carbocycles. The van der Waals surface area contributed by atoms with E-state index >= 15 is 0 Å². The smallest absolute Gasteiger partial charge is 0.255 e. The SMILES string of the molecule is CCOc1ccc(NC(=O)c2ccc(F)c(S(=O)(=O)N[C@@H]3CCC[C@@H](C)[C@@H]3C)c2)cc1. The highest BCUT2D eigenvalue weighted by molar-refractivity contribution is 7.89. The van der Waals surface area contributed by atoms with E-state index in [0.29, 0.717) is 30.4 Å². The molecule has 0 spiro atoms.